The number of carbonyl (C=O) groups excluding carboxylic acids is 1. The Morgan fingerprint density at radius 1 is 1.60 bits per heavy atom. The third kappa shape index (κ3) is 1.78. The van der Waals surface area contributed by atoms with E-state index in [9.17, 15) is 9.18 Å². The van der Waals surface area contributed by atoms with Gasteiger partial charge in [0.05, 0.1) is 11.1 Å². The molecule has 0 aliphatic heterocycles. The third-order valence-corrected chi connectivity index (χ3v) is 4.01. The number of rotatable bonds is 3. The number of aryl methyl sites for hydroxylation is 1. The van der Waals surface area contributed by atoms with Gasteiger partial charge in [-0.15, -0.1) is 11.3 Å². The molecule has 1 fully saturated rings. The molecule has 0 aromatic carbocycles. The van der Waals surface area contributed by atoms with Crippen molar-refractivity contribution in [2.45, 2.75) is 26.2 Å². The van der Waals surface area contributed by atoms with Crippen LogP contribution in [0.3, 0.4) is 0 Å². The van der Waals surface area contributed by atoms with Crippen LogP contribution in [0.1, 0.15) is 24.8 Å². The summed E-state index contributed by atoms with van der Waals surface area (Å²) in [4.78, 5) is 11.9. The lowest BCUT2D eigenvalue weighted by molar-refractivity contribution is -0.131. The molecule has 1 aromatic rings. The molecule has 0 bridgehead atoms. The van der Waals surface area contributed by atoms with Crippen LogP contribution in [-0.4, -0.2) is 12.6 Å². The molecule has 82 valence electrons. The van der Waals surface area contributed by atoms with Crippen molar-refractivity contribution in [3.63, 3.8) is 0 Å². The molecule has 0 atom stereocenters. The van der Waals surface area contributed by atoms with Crippen molar-refractivity contribution >= 4 is 22.9 Å². The summed E-state index contributed by atoms with van der Waals surface area (Å²) in [7, 11) is 0. The van der Waals surface area contributed by atoms with Crippen LogP contribution in [0, 0.1) is 12.3 Å². The second-order valence-electron chi connectivity index (χ2n) is 4.19. The first-order valence-electron chi connectivity index (χ1n) is 5.08. The molecular weight excluding hydrogens is 213 g/mol. The van der Waals surface area contributed by atoms with Gasteiger partial charge in [-0.05, 0) is 30.7 Å². The maximum absolute atomic E-state index is 12.8. The summed E-state index contributed by atoms with van der Waals surface area (Å²) in [5.74, 6) is -0.155. The van der Waals surface area contributed by atoms with E-state index in [0.717, 1.165) is 17.7 Å². The van der Waals surface area contributed by atoms with E-state index in [-0.39, 0.29) is 5.91 Å². The second kappa shape index (κ2) is 3.93. The van der Waals surface area contributed by atoms with Gasteiger partial charge in [-0.1, -0.05) is 6.42 Å². The summed E-state index contributed by atoms with van der Waals surface area (Å²) in [6, 6.07) is 0. The minimum Gasteiger partial charge on any atom is -0.325 e. The average Bonchev–Trinajstić information content (AvgIpc) is 2.51. The SMILES string of the molecule is Cc1cscc1NC(=O)C1(CF)CCC1. The fourth-order valence-electron chi connectivity index (χ4n) is 1.77. The zero-order valence-electron chi connectivity index (χ0n) is 8.68. The fourth-order valence-corrected chi connectivity index (χ4v) is 2.55. The molecule has 2 nitrogen and oxygen atoms in total. The third-order valence-electron chi connectivity index (χ3n) is 3.15. The van der Waals surface area contributed by atoms with Gasteiger partial charge >= 0.3 is 0 Å². The summed E-state index contributed by atoms with van der Waals surface area (Å²) < 4.78 is 12.8. The van der Waals surface area contributed by atoms with Crippen LogP contribution < -0.4 is 5.32 Å². The van der Waals surface area contributed by atoms with Gasteiger partial charge in [0, 0.05) is 5.38 Å². The highest BCUT2D eigenvalue weighted by Crippen LogP contribution is 2.42. The molecule has 1 N–H and O–H groups in total. The lowest BCUT2D eigenvalue weighted by atomic mass is 9.69. The lowest BCUT2D eigenvalue weighted by Gasteiger charge is -2.37. The number of alkyl halides is 1. The molecule has 1 aliphatic carbocycles. The Morgan fingerprint density at radius 3 is 2.73 bits per heavy atom. The molecular formula is C11H14FNOS. The first-order chi connectivity index (χ1) is 7.18. The summed E-state index contributed by atoms with van der Waals surface area (Å²) in [6.45, 7) is 1.40. The summed E-state index contributed by atoms with van der Waals surface area (Å²) in [5.41, 5.74) is 1.14. The van der Waals surface area contributed by atoms with Crippen molar-refractivity contribution in [3.8, 4) is 0 Å². The minimum absolute atomic E-state index is 0.155. The Kier molecular flexibility index (Phi) is 2.78. The minimum atomic E-state index is -0.728. The smallest absolute Gasteiger partial charge is 0.233 e. The molecule has 1 saturated carbocycles. The molecule has 2 rings (SSSR count). The highest BCUT2D eigenvalue weighted by molar-refractivity contribution is 7.08. The number of carbonyl (C=O) groups is 1. The fraction of sp³-hybridized carbons (Fsp3) is 0.545. The Bertz CT molecular complexity index is 365. The molecule has 1 amide bonds. The summed E-state index contributed by atoms with van der Waals surface area (Å²) in [6.07, 6.45) is 2.32. The zero-order chi connectivity index (χ0) is 10.9. The number of halogens is 1. The van der Waals surface area contributed by atoms with Crippen molar-refractivity contribution in [1.29, 1.82) is 0 Å². The van der Waals surface area contributed by atoms with Crippen molar-refractivity contribution in [1.82, 2.24) is 0 Å². The van der Waals surface area contributed by atoms with Crippen molar-refractivity contribution < 1.29 is 9.18 Å². The van der Waals surface area contributed by atoms with Crippen LogP contribution in [-0.2, 0) is 4.79 Å². The Hall–Kier alpha value is -0.900. The number of hydrogen-bond donors (Lipinski definition) is 1. The summed E-state index contributed by atoms with van der Waals surface area (Å²) >= 11 is 1.54. The molecule has 1 aromatic heterocycles. The van der Waals surface area contributed by atoms with Crippen LogP contribution in [0.5, 0.6) is 0 Å². The predicted octanol–water partition coefficient (Wildman–Crippen LogP) is 3.13. The first kappa shape index (κ1) is 10.6. The van der Waals surface area contributed by atoms with Crippen LogP contribution in [0.2, 0.25) is 0 Å². The molecule has 15 heavy (non-hydrogen) atoms. The van der Waals surface area contributed by atoms with Crippen LogP contribution in [0.4, 0.5) is 10.1 Å². The first-order valence-corrected chi connectivity index (χ1v) is 6.02. The number of anilines is 1. The van der Waals surface area contributed by atoms with E-state index in [1.807, 2.05) is 17.7 Å². The van der Waals surface area contributed by atoms with E-state index in [0.29, 0.717) is 12.8 Å². The maximum Gasteiger partial charge on any atom is 0.233 e. The van der Waals surface area contributed by atoms with E-state index in [2.05, 4.69) is 5.32 Å². The van der Waals surface area contributed by atoms with E-state index >= 15 is 0 Å². The van der Waals surface area contributed by atoms with E-state index in [1.54, 1.807) is 11.3 Å². The molecule has 1 heterocycles. The molecule has 0 unspecified atom stereocenters. The van der Waals surface area contributed by atoms with E-state index < -0.39 is 12.1 Å². The van der Waals surface area contributed by atoms with Gasteiger partial charge in [0.25, 0.3) is 0 Å². The van der Waals surface area contributed by atoms with Gasteiger partial charge in [0.2, 0.25) is 5.91 Å². The second-order valence-corrected chi connectivity index (χ2v) is 4.93. The monoisotopic (exact) mass is 227 g/mol. The van der Waals surface area contributed by atoms with Crippen molar-refractivity contribution in [2.24, 2.45) is 5.41 Å². The Balaban J connectivity index is 2.07. The number of thiophene rings is 1. The quantitative estimate of drug-likeness (QED) is 0.844. The lowest BCUT2D eigenvalue weighted by Crippen LogP contribution is -2.43. The standard InChI is InChI=1S/C11H14FNOS/c1-8-5-15-6-9(8)13-10(14)11(7-12)3-2-4-11/h5-6H,2-4,7H2,1H3,(H,13,14). The largest absolute Gasteiger partial charge is 0.325 e. The van der Waals surface area contributed by atoms with Gasteiger partial charge in [-0.2, -0.15) is 0 Å². The van der Waals surface area contributed by atoms with Gasteiger partial charge in [0.15, 0.2) is 0 Å². The molecule has 4 heteroatoms. The number of hydrogen-bond acceptors (Lipinski definition) is 2. The average molecular weight is 227 g/mol. The Morgan fingerprint density at radius 2 is 2.33 bits per heavy atom. The van der Waals surface area contributed by atoms with E-state index in [4.69, 9.17) is 0 Å². The van der Waals surface area contributed by atoms with Gasteiger partial charge < -0.3 is 5.32 Å². The highest BCUT2D eigenvalue weighted by Gasteiger charge is 2.44. The topological polar surface area (TPSA) is 29.1 Å². The van der Waals surface area contributed by atoms with Crippen molar-refractivity contribution in [3.05, 3.63) is 16.3 Å². The highest BCUT2D eigenvalue weighted by atomic mass is 32.1. The van der Waals surface area contributed by atoms with Crippen molar-refractivity contribution in [2.75, 3.05) is 12.0 Å². The molecule has 0 saturated heterocycles. The Labute approximate surface area is 92.5 Å². The van der Waals surface area contributed by atoms with Crippen LogP contribution in [0.15, 0.2) is 10.8 Å². The van der Waals surface area contributed by atoms with Crippen LogP contribution in [0.25, 0.3) is 0 Å². The summed E-state index contributed by atoms with van der Waals surface area (Å²) in [5, 5.41) is 6.67. The molecule has 0 spiro atoms. The predicted molar refractivity (Wildman–Crippen MR) is 59.9 cm³/mol. The normalized spacial score (nSPS) is 18.3. The molecule has 0 radical (unpaired) electrons. The van der Waals surface area contributed by atoms with Gasteiger partial charge in [-0.25, -0.2) is 4.39 Å². The number of amides is 1. The zero-order valence-corrected chi connectivity index (χ0v) is 9.49. The van der Waals surface area contributed by atoms with Gasteiger partial charge in [-0.3, -0.25) is 4.79 Å². The number of nitrogens with one attached hydrogen (secondary N) is 1. The maximum atomic E-state index is 12.8. The van der Waals surface area contributed by atoms with E-state index in [1.165, 1.54) is 0 Å². The van der Waals surface area contributed by atoms with Crippen LogP contribution >= 0.6 is 11.3 Å². The van der Waals surface area contributed by atoms with Gasteiger partial charge in [0.1, 0.15) is 6.67 Å². The molecule has 1 aliphatic rings.